The Balaban J connectivity index is 1.34. The number of hydrogen-bond acceptors (Lipinski definition) is 5. The van der Waals surface area contributed by atoms with Gasteiger partial charge in [0.15, 0.2) is 0 Å². The van der Waals surface area contributed by atoms with Crippen molar-refractivity contribution in [2.24, 2.45) is 0 Å². The normalized spacial score (nSPS) is 14.5. The minimum atomic E-state index is 0.0483. The summed E-state index contributed by atoms with van der Waals surface area (Å²) in [6.45, 7) is 9.08. The molecular formula is C23H31N3O3. The summed E-state index contributed by atoms with van der Waals surface area (Å²) in [5.41, 5.74) is 3.53. The fourth-order valence-electron chi connectivity index (χ4n) is 3.53. The highest BCUT2D eigenvalue weighted by Crippen LogP contribution is 2.20. The molecule has 3 rings (SSSR count). The Morgan fingerprint density at radius 2 is 1.76 bits per heavy atom. The fourth-order valence-corrected chi connectivity index (χ4v) is 3.53. The predicted octanol–water partition coefficient (Wildman–Crippen LogP) is 2.63. The first-order chi connectivity index (χ1) is 14.0. The van der Waals surface area contributed by atoms with Gasteiger partial charge in [-0.05, 0) is 49.7 Å². The van der Waals surface area contributed by atoms with Gasteiger partial charge in [0.2, 0.25) is 5.91 Å². The van der Waals surface area contributed by atoms with Crippen molar-refractivity contribution in [3.63, 3.8) is 0 Å². The minimum Gasteiger partial charge on any atom is -0.497 e. The molecule has 6 nitrogen and oxygen atoms in total. The van der Waals surface area contributed by atoms with Crippen LogP contribution in [-0.4, -0.2) is 63.8 Å². The molecule has 1 N–H and O–H groups in total. The third kappa shape index (κ3) is 6.12. The van der Waals surface area contributed by atoms with E-state index in [0.29, 0.717) is 19.7 Å². The highest BCUT2D eigenvalue weighted by atomic mass is 16.5. The Hall–Kier alpha value is -2.73. The molecule has 0 aromatic heterocycles. The van der Waals surface area contributed by atoms with E-state index in [2.05, 4.69) is 40.2 Å². The summed E-state index contributed by atoms with van der Waals surface area (Å²) in [7, 11) is 1.68. The van der Waals surface area contributed by atoms with Crippen LogP contribution in [0.3, 0.4) is 0 Å². The van der Waals surface area contributed by atoms with Gasteiger partial charge in [0.05, 0.1) is 20.2 Å². The van der Waals surface area contributed by atoms with Gasteiger partial charge in [-0.2, -0.15) is 0 Å². The average Bonchev–Trinajstić information content (AvgIpc) is 2.73. The Morgan fingerprint density at radius 1 is 1.03 bits per heavy atom. The Labute approximate surface area is 173 Å². The quantitative estimate of drug-likeness (QED) is 0.694. The summed E-state index contributed by atoms with van der Waals surface area (Å²) in [6.07, 6.45) is 0. The molecule has 1 aliphatic rings. The van der Waals surface area contributed by atoms with Crippen LogP contribution in [0.15, 0.2) is 42.5 Å². The molecule has 2 aromatic rings. The SMILES string of the molecule is COc1ccc(N2CCN(CC(=O)NCCOc3ccc(C)cc3C)CC2)cc1. The maximum absolute atomic E-state index is 12.2. The molecule has 0 atom stereocenters. The molecule has 1 aliphatic heterocycles. The number of nitrogens with one attached hydrogen (secondary N) is 1. The van der Waals surface area contributed by atoms with Crippen LogP contribution < -0.4 is 19.7 Å². The first-order valence-electron chi connectivity index (χ1n) is 10.1. The number of piperazine rings is 1. The van der Waals surface area contributed by atoms with Gasteiger partial charge < -0.3 is 19.7 Å². The van der Waals surface area contributed by atoms with E-state index in [0.717, 1.165) is 43.2 Å². The van der Waals surface area contributed by atoms with E-state index in [1.807, 2.05) is 31.2 Å². The highest BCUT2D eigenvalue weighted by molar-refractivity contribution is 5.78. The van der Waals surface area contributed by atoms with Crippen LogP contribution in [0.1, 0.15) is 11.1 Å². The molecule has 1 heterocycles. The molecule has 2 aromatic carbocycles. The van der Waals surface area contributed by atoms with Gasteiger partial charge in [0.25, 0.3) is 0 Å². The van der Waals surface area contributed by atoms with Crippen molar-refractivity contribution in [2.45, 2.75) is 13.8 Å². The largest absolute Gasteiger partial charge is 0.497 e. The number of aryl methyl sites for hydroxylation is 2. The van der Waals surface area contributed by atoms with Crippen LogP contribution in [-0.2, 0) is 4.79 Å². The number of carbonyl (C=O) groups is 1. The molecule has 0 spiro atoms. The van der Waals surface area contributed by atoms with E-state index in [1.54, 1.807) is 7.11 Å². The average molecular weight is 398 g/mol. The molecule has 0 bridgehead atoms. The lowest BCUT2D eigenvalue weighted by atomic mass is 10.1. The molecule has 0 unspecified atom stereocenters. The van der Waals surface area contributed by atoms with Crippen molar-refractivity contribution >= 4 is 11.6 Å². The molecule has 1 fully saturated rings. The minimum absolute atomic E-state index is 0.0483. The monoisotopic (exact) mass is 397 g/mol. The van der Waals surface area contributed by atoms with Gasteiger partial charge >= 0.3 is 0 Å². The summed E-state index contributed by atoms with van der Waals surface area (Å²) in [5.74, 6) is 1.79. The van der Waals surface area contributed by atoms with E-state index in [4.69, 9.17) is 9.47 Å². The van der Waals surface area contributed by atoms with Crippen molar-refractivity contribution < 1.29 is 14.3 Å². The number of nitrogens with zero attached hydrogens (tertiary/aromatic N) is 2. The molecule has 6 heteroatoms. The van der Waals surface area contributed by atoms with Crippen molar-refractivity contribution in [3.05, 3.63) is 53.6 Å². The van der Waals surface area contributed by atoms with Crippen molar-refractivity contribution in [3.8, 4) is 11.5 Å². The second-order valence-corrected chi connectivity index (χ2v) is 7.43. The number of hydrogen-bond donors (Lipinski definition) is 1. The molecule has 0 saturated carbocycles. The molecule has 156 valence electrons. The first kappa shape index (κ1) is 21.0. The lowest BCUT2D eigenvalue weighted by molar-refractivity contribution is -0.122. The van der Waals surface area contributed by atoms with Gasteiger partial charge in [-0.1, -0.05) is 17.7 Å². The highest BCUT2D eigenvalue weighted by Gasteiger charge is 2.19. The Bertz CT molecular complexity index is 800. The second-order valence-electron chi connectivity index (χ2n) is 7.43. The zero-order valence-electron chi connectivity index (χ0n) is 17.6. The number of rotatable bonds is 8. The number of anilines is 1. The number of methoxy groups -OCH3 is 1. The topological polar surface area (TPSA) is 54.0 Å². The third-order valence-corrected chi connectivity index (χ3v) is 5.19. The standard InChI is InChI=1S/C23H31N3O3/c1-18-4-9-22(19(2)16-18)29-15-10-24-23(27)17-25-11-13-26(14-12-25)20-5-7-21(28-3)8-6-20/h4-9,16H,10-15,17H2,1-3H3,(H,24,27). The third-order valence-electron chi connectivity index (χ3n) is 5.19. The molecule has 0 radical (unpaired) electrons. The fraction of sp³-hybridized carbons (Fsp3) is 0.435. The van der Waals surface area contributed by atoms with Crippen LogP contribution in [0.5, 0.6) is 11.5 Å². The van der Waals surface area contributed by atoms with Gasteiger partial charge in [-0.3, -0.25) is 9.69 Å². The van der Waals surface area contributed by atoms with Crippen LogP contribution in [0.2, 0.25) is 0 Å². The second kappa shape index (κ2) is 10.2. The maximum Gasteiger partial charge on any atom is 0.234 e. The van der Waals surface area contributed by atoms with E-state index >= 15 is 0 Å². The summed E-state index contributed by atoms with van der Waals surface area (Å²) in [4.78, 5) is 16.8. The summed E-state index contributed by atoms with van der Waals surface area (Å²) < 4.78 is 11.0. The lowest BCUT2D eigenvalue weighted by Crippen LogP contribution is -2.49. The first-order valence-corrected chi connectivity index (χ1v) is 10.1. The number of amides is 1. The van der Waals surface area contributed by atoms with Crippen molar-refractivity contribution in [1.29, 1.82) is 0 Å². The van der Waals surface area contributed by atoms with Gasteiger partial charge in [0.1, 0.15) is 18.1 Å². The summed E-state index contributed by atoms with van der Waals surface area (Å²) in [6, 6.07) is 14.2. The van der Waals surface area contributed by atoms with Crippen LogP contribution >= 0.6 is 0 Å². The van der Waals surface area contributed by atoms with E-state index in [9.17, 15) is 4.79 Å². The van der Waals surface area contributed by atoms with Gasteiger partial charge in [0, 0.05) is 31.9 Å². The van der Waals surface area contributed by atoms with Crippen molar-refractivity contribution in [2.75, 3.05) is 57.9 Å². The van der Waals surface area contributed by atoms with Crippen molar-refractivity contribution in [1.82, 2.24) is 10.2 Å². The predicted molar refractivity (Wildman–Crippen MR) is 116 cm³/mol. The summed E-state index contributed by atoms with van der Waals surface area (Å²) >= 11 is 0. The maximum atomic E-state index is 12.2. The van der Waals surface area contributed by atoms with Crippen LogP contribution in [0.25, 0.3) is 0 Å². The van der Waals surface area contributed by atoms with Crippen LogP contribution in [0.4, 0.5) is 5.69 Å². The molecular weight excluding hydrogens is 366 g/mol. The molecule has 1 saturated heterocycles. The van der Waals surface area contributed by atoms with E-state index in [1.165, 1.54) is 11.3 Å². The van der Waals surface area contributed by atoms with E-state index < -0.39 is 0 Å². The molecule has 29 heavy (non-hydrogen) atoms. The number of benzene rings is 2. The summed E-state index contributed by atoms with van der Waals surface area (Å²) in [5, 5.41) is 2.95. The molecule has 0 aliphatic carbocycles. The number of ether oxygens (including phenoxy) is 2. The van der Waals surface area contributed by atoms with Gasteiger partial charge in [-0.15, -0.1) is 0 Å². The van der Waals surface area contributed by atoms with E-state index in [-0.39, 0.29) is 5.91 Å². The zero-order valence-corrected chi connectivity index (χ0v) is 17.6. The Kier molecular flexibility index (Phi) is 7.36. The zero-order chi connectivity index (χ0) is 20.6. The Morgan fingerprint density at radius 3 is 2.41 bits per heavy atom. The smallest absolute Gasteiger partial charge is 0.234 e. The van der Waals surface area contributed by atoms with Gasteiger partial charge in [-0.25, -0.2) is 0 Å². The molecule has 1 amide bonds. The number of carbonyl (C=O) groups excluding carboxylic acids is 1. The lowest BCUT2D eigenvalue weighted by Gasteiger charge is -2.35. The van der Waals surface area contributed by atoms with Crippen LogP contribution in [0, 0.1) is 13.8 Å².